The van der Waals surface area contributed by atoms with Gasteiger partial charge >= 0.3 is 0 Å². The van der Waals surface area contributed by atoms with Crippen LogP contribution in [0.15, 0.2) is 24.4 Å². The van der Waals surface area contributed by atoms with Crippen LogP contribution in [0, 0.1) is 6.92 Å². The third-order valence-electron chi connectivity index (χ3n) is 3.45. The summed E-state index contributed by atoms with van der Waals surface area (Å²) in [7, 11) is 0. The van der Waals surface area contributed by atoms with Gasteiger partial charge in [0.05, 0.1) is 6.20 Å². The minimum absolute atomic E-state index is 0.633. The van der Waals surface area contributed by atoms with Crippen molar-refractivity contribution < 1.29 is 9.47 Å². The number of aromatic nitrogens is 2. The molecule has 1 aromatic heterocycles. The summed E-state index contributed by atoms with van der Waals surface area (Å²) in [5.41, 5.74) is 3.59. The average molecular weight is 273 g/mol. The zero-order chi connectivity index (χ0) is 13.8. The molecule has 2 aromatic rings. The molecule has 0 atom stereocenters. The van der Waals surface area contributed by atoms with E-state index in [9.17, 15) is 0 Å². The fourth-order valence-corrected chi connectivity index (χ4v) is 2.25. The summed E-state index contributed by atoms with van der Waals surface area (Å²) in [6.07, 6.45) is 2.83. The van der Waals surface area contributed by atoms with E-state index < -0.39 is 0 Å². The summed E-state index contributed by atoms with van der Waals surface area (Å²) in [5.74, 6) is 1.71. The van der Waals surface area contributed by atoms with E-state index in [1.165, 1.54) is 11.1 Å². The highest BCUT2D eigenvalue weighted by Crippen LogP contribution is 2.30. The predicted molar refractivity (Wildman–Crippen MR) is 76.2 cm³/mol. The van der Waals surface area contributed by atoms with Crippen LogP contribution in [0.3, 0.4) is 0 Å². The molecular formula is C15H19N3O2. The minimum Gasteiger partial charge on any atom is -0.486 e. The summed E-state index contributed by atoms with van der Waals surface area (Å²) in [5, 5.41) is 10.4. The molecule has 5 nitrogen and oxygen atoms in total. The summed E-state index contributed by atoms with van der Waals surface area (Å²) < 4.78 is 11.1. The Morgan fingerprint density at radius 3 is 2.90 bits per heavy atom. The lowest BCUT2D eigenvalue weighted by Gasteiger charge is -2.18. The molecule has 3 rings (SSSR count). The lowest BCUT2D eigenvalue weighted by Crippen LogP contribution is -2.18. The van der Waals surface area contributed by atoms with Crippen LogP contribution in [0.5, 0.6) is 11.5 Å². The molecule has 1 aromatic carbocycles. The van der Waals surface area contributed by atoms with Gasteiger partial charge in [-0.15, -0.1) is 0 Å². The normalized spacial score (nSPS) is 13.4. The Morgan fingerprint density at radius 2 is 2.10 bits per heavy atom. The smallest absolute Gasteiger partial charge is 0.161 e. The van der Waals surface area contributed by atoms with Gasteiger partial charge in [-0.25, -0.2) is 0 Å². The maximum Gasteiger partial charge on any atom is 0.161 e. The van der Waals surface area contributed by atoms with Crippen molar-refractivity contribution in [2.45, 2.75) is 19.9 Å². The first-order chi connectivity index (χ1) is 9.83. The highest BCUT2D eigenvalue weighted by Gasteiger charge is 2.11. The molecular weight excluding hydrogens is 254 g/mol. The molecule has 0 bridgehead atoms. The number of ether oxygens (including phenoxy) is 2. The summed E-state index contributed by atoms with van der Waals surface area (Å²) >= 11 is 0. The van der Waals surface area contributed by atoms with E-state index in [4.69, 9.17) is 9.47 Å². The van der Waals surface area contributed by atoms with E-state index in [1.807, 2.05) is 19.2 Å². The molecule has 0 amide bonds. The Labute approximate surface area is 118 Å². The van der Waals surface area contributed by atoms with Crippen LogP contribution in [0.1, 0.15) is 16.8 Å². The van der Waals surface area contributed by atoms with Gasteiger partial charge in [0.2, 0.25) is 0 Å². The maximum absolute atomic E-state index is 5.59. The van der Waals surface area contributed by atoms with Gasteiger partial charge in [-0.3, -0.25) is 5.10 Å². The molecule has 0 spiro atoms. The van der Waals surface area contributed by atoms with E-state index in [1.54, 1.807) is 0 Å². The fraction of sp³-hybridized carbons (Fsp3) is 0.400. The molecule has 0 aliphatic carbocycles. The van der Waals surface area contributed by atoms with Crippen LogP contribution in [0.25, 0.3) is 0 Å². The van der Waals surface area contributed by atoms with Gasteiger partial charge in [0.25, 0.3) is 0 Å². The van der Waals surface area contributed by atoms with Crippen LogP contribution < -0.4 is 14.8 Å². The monoisotopic (exact) mass is 273 g/mol. The number of H-pyrrole nitrogens is 1. The van der Waals surface area contributed by atoms with Crippen molar-refractivity contribution in [2.75, 3.05) is 19.8 Å². The van der Waals surface area contributed by atoms with Crippen LogP contribution in [0.2, 0.25) is 0 Å². The largest absolute Gasteiger partial charge is 0.486 e. The van der Waals surface area contributed by atoms with Crippen LogP contribution in [-0.4, -0.2) is 30.0 Å². The maximum atomic E-state index is 5.59. The summed E-state index contributed by atoms with van der Waals surface area (Å²) in [4.78, 5) is 0. The predicted octanol–water partition coefficient (Wildman–Crippen LogP) is 1.82. The van der Waals surface area contributed by atoms with Crippen molar-refractivity contribution >= 4 is 0 Å². The third kappa shape index (κ3) is 2.93. The molecule has 5 heteroatoms. The SMILES string of the molecule is Cc1[nH]ncc1CNCCc1ccc2c(c1)OCCO2. The Hall–Kier alpha value is -2.01. The quantitative estimate of drug-likeness (QED) is 0.816. The van der Waals surface area contributed by atoms with Crippen molar-refractivity contribution in [1.82, 2.24) is 15.5 Å². The Morgan fingerprint density at radius 1 is 1.25 bits per heavy atom. The Kier molecular flexibility index (Phi) is 3.87. The highest BCUT2D eigenvalue weighted by molar-refractivity contribution is 5.43. The lowest BCUT2D eigenvalue weighted by molar-refractivity contribution is 0.171. The number of aromatic amines is 1. The molecule has 1 aliphatic rings. The first kappa shape index (κ1) is 13.0. The van der Waals surface area contributed by atoms with Crippen molar-refractivity contribution in [3.05, 3.63) is 41.2 Å². The number of hydrogen-bond donors (Lipinski definition) is 2. The molecule has 2 N–H and O–H groups in total. The lowest BCUT2D eigenvalue weighted by atomic mass is 10.1. The van der Waals surface area contributed by atoms with Crippen LogP contribution in [0.4, 0.5) is 0 Å². The van der Waals surface area contributed by atoms with Crippen LogP contribution in [-0.2, 0) is 13.0 Å². The van der Waals surface area contributed by atoms with Gasteiger partial charge in [-0.2, -0.15) is 5.10 Å². The second-order valence-corrected chi connectivity index (χ2v) is 4.93. The second-order valence-electron chi connectivity index (χ2n) is 4.93. The number of hydrogen-bond acceptors (Lipinski definition) is 4. The van der Waals surface area contributed by atoms with Gasteiger partial charge in [0.1, 0.15) is 13.2 Å². The van der Waals surface area contributed by atoms with Crippen molar-refractivity contribution in [3.63, 3.8) is 0 Å². The standard InChI is InChI=1S/C15H19N3O2/c1-11-13(10-17-18-11)9-16-5-4-12-2-3-14-15(8-12)20-7-6-19-14/h2-3,8,10,16H,4-7,9H2,1H3,(H,17,18). The van der Waals surface area contributed by atoms with E-state index in [2.05, 4.69) is 27.6 Å². The van der Waals surface area contributed by atoms with Gasteiger partial charge in [-0.05, 0) is 37.6 Å². The summed E-state index contributed by atoms with van der Waals surface area (Å²) in [6.45, 7) is 5.06. The van der Waals surface area contributed by atoms with Crippen LogP contribution >= 0.6 is 0 Å². The molecule has 1 aliphatic heterocycles. The number of fused-ring (bicyclic) bond motifs is 1. The second kappa shape index (κ2) is 5.96. The topological polar surface area (TPSA) is 59.2 Å². The van der Waals surface area contributed by atoms with Gasteiger partial charge in [0.15, 0.2) is 11.5 Å². The molecule has 0 radical (unpaired) electrons. The zero-order valence-electron chi connectivity index (χ0n) is 11.6. The number of nitrogens with one attached hydrogen (secondary N) is 2. The number of nitrogens with zero attached hydrogens (tertiary/aromatic N) is 1. The molecule has 0 unspecified atom stereocenters. The Bertz CT molecular complexity index is 580. The summed E-state index contributed by atoms with van der Waals surface area (Å²) in [6, 6.07) is 6.15. The zero-order valence-corrected chi connectivity index (χ0v) is 11.6. The van der Waals surface area contributed by atoms with Gasteiger partial charge in [0, 0.05) is 17.8 Å². The number of rotatable bonds is 5. The molecule has 106 valence electrons. The molecule has 0 saturated heterocycles. The fourth-order valence-electron chi connectivity index (χ4n) is 2.25. The molecule has 2 heterocycles. The van der Waals surface area contributed by atoms with E-state index in [-0.39, 0.29) is 0 Å². The third-order valence-corrected chi connectivity index (χ3v) is 3.45. The number of benzene rings is 1. The van der Waals surface area contributed by atoms with Gasteiger partial charge in [-0.1, -0.05) is 6.07 Å². The Balaban J connectivity index is 1.50. The van der Waals surface area contributed by atoms with E-state index in [0.29, 0.717) is 13.2 Å². The molecule has 20 heavy (non-hydrogen) atoms. The van der Waals surface area contributed by atoms with Crippen molar-refractivity contribution in [1.29, 1.82) is 0 Å². The van der Waals surface area contributed by atoms with Gasteiger partial charge < -0.3 is 14.8 Å². The van der Waals surface area contributed by atoms with Crippen molar-refractivity contribution in [2.24, 2.45) is 0 Å². The highest BCUT2D eigenvalue weighted by atomic mass is 16.6. The first-order valence-corrected chi connectivity index (χ1v) is 6.91. The van der Waals surface area contributed by atoms with E-state index in [0.717, 1.165) is 36.7 Å². The van der Waals surface area contributed by atoms with E-state index >= 15 is 0 Å². The first-order valence-electron chi connectivity index (χ1n) is 6.91. The minimum atomic E-state index is 0.633. The average Bonchev–Trinajstić information content (AvgIpc) is 2.89. The molecule has 0 fully saturated rings. The number of aryl methyl sites for hydroxylation is 1. The molecule has 0 saturated carbocycles. The van der Waals surface area contributed by atoms with Crippen molar-refractivity contribution in [3.8, 4) is 11.5 Å².